The third-order valence-corrected chi connectivity index (χ3v) is 6.34. The monoisotopic (exact) mass is 424 g/mol. The fourth-order valence-corrected chi connectivity index (χ4v) is 3.97. The van der Waals surface area contributed by atoms with Crippen LogP contribution in [0.25, 0.3) is 0 Å². The molecule has 164 valence electrons. The van der Waals surface area contributed by atoms with Crippen LogP contribution in [0.15, 0.2) is 53.7 Å². The van der Waals surface area contributed by atoms with E-state index in [4.69, 9.17) is 9.57 Å². The third-order valence-electron chi connectivity index (χ3n) is 6.34. The minimum Gasteiger partial charge on any atom is -0.484 e. The molecule has 1 spiro atoms. The van der Waals surface area contributed by atoms with Crippen LogP contribution in [0.4, 0.5) is 4.39 Å². The highest BCUT2D eigenvalue weighted by Gasteiger charge is 2.45. The SMILES string of the molecule is CC/C(=N/OCc1ccc(F)cc1)c1ccc(OCC(=O)N2CCC3(CC2)CC3)cc1. The second-order valence-corrected chi connectivity index (χ2v) is 8.49. The number of carbonyl (C=O) groups is 1. The Kier molecular flexibility index (Phi) is 6.54. The molecular formula is C25H29FN2O3. The number of hydrogen-bond donors (Lipinski definition) is 0. The number of oxime groups is 1. The van der Waals surface area contributed by atoms with Crippen LogP contribution in [0.3, 0.4) is 0 Å². The molecule has 0 bridgehead atoms. The lowest BCUT2D eigenvalue weighted by Gasteiger charge is -2.32. The highest BCUT2D eigenvalue weighted by molar-refractivity contribution is 6.00. The van der Waals surface area contributed by atoms with Gasteiger partial charge in [0.2, 0.25) is 0 Å². The lowest BCUT2D eigenvalue weighted by atomic mass is 9.94. The summed E-state index contributed by atoms with van der Waals surface area (Å²) in [5, 5.41) is 4.23. The number of piperidine rings is 1. The van der Waals surface area contributed by atoms with Gasteiger partial charge in [-0.3, -0.25) is 4.79 Å². The summed E-state index contributed by atoms with van der Waals surface area (Å²) in [6.07, 6.45) is 5.64. The Morgan fingerprint density at radius 1 is 1.03 bits per heavy atom. The van der Waals surface area contributed by atoms with Gasteiger partial charge in [-0.2, -0.15) is 0 Å². The van der Waals surface area contributed by atoms with E-state index in [-0.39, 0.29) is 24.9 Å². The topological polar surface area (TPSA) is 51.1 Å². The normalized spacial score (nSPS) is 17.5. The molecule has 31 heavy (non-hydrogen) atoms. The van der Waals surface area contributed by atoms with E-state index in [1.807, 2.05) is 36.1 Å². The molecule has 1 aliphatic heterocycles. The van der Waals surface area contributed by atoms with Crippen molar-refractivity contribution in [2.45, 2.75) is 45.6 Å². The number of likely N-dealkylation sites (tertiary alicyclic amines) is 1. The van der Waals surface area contributed by atoms with Crippen LogP contribution in [0, 0.1) is 11.2 Å². The van der Waals surface area contributed by atoms with E-state index in [1.165, 1.54) is 25.0 Å². The molecule has 2 aliphatic rings. The van der Waals surface area contributed by atoms with Crippen LogP contribution in [0.2, 0.25) is 0 Å². The van der Waals surface area contributed by atoms with Crippen LogP contribution in [0.5, 0.6) is 5.75 Å². The average molecular weight is 425 g/mol. The molecule has 0 unspecified atom stereocenters. The van der Waals surface area contributed by atoms with E-state index in [2.05, 4.69) is 5.16 Å². The molecule has 0 N–H and O–H groups in total. The second kappa shape index (κ2) is 9.50. The Morgan fingerprint density at radius 3 is 2.32 bits per heavy atom. The minimum atomic E-state index is -0.270. The van der Waals surface area contributed by atoms with Crippen LogP contribution in [-0.4, -0.2) is 36.2 Å². The smallest absolute Gasteiger partial charge is 0.260 e. The standard InChI is InChI=1S/C25H29FN2O3/c1-2-23(27-31-17-19-3-7-21(26)8-4-19)20-5-9-22(10-6-20)30-18-24(29)28-15-13-25(11-12-25)14-16-28/h3-10H,2,11-18H2,1H3/b27-23-. The summed E-state index contributed by atoms with van der Waals surface area (Å²) in [7, 11) is 0. The van der Waals surface area contributed by atoms with Gasteiger partial charge in [0.25, 0.3) is 5.91 Å². The Hall–Kier alpha value is -2.89. The van der Waals surface area contributed by atoms with Crippen molar-refractivity contribution in [1.29, 1.82) is 0 Å². The molecule has 4 rings (SSSR count). The quantitative estimate of drug-likeness (QED) is 0.446. The molecule has 2 aromatic rings. The molecule has 1 heterocycles. The Balaban J connectivity index is 1.26. The van der Waals surface area contributed by atoms with Crippen LogP contribution >= 0.6 is 0 Å². The number of benzene rings is 2. The fourth-order valence-electron chi connectivity index (χ4n) is 3.97. The Morgan fingerprint density at radius 2 is 1.71 bits per heavy atom. The van der Waals surface area contributed by atoms with Gasteiger partial charge in [-0.05, 0) is 85.0 Å². The zero-order chi connectivity index (χ0) is 21.7. The number of halogens is 1. The van der Waals surface area contributed by atoms with Gasteiger partial charge in [0.05, 0.1) is 5.71 Å². The molecule has 6 heteroatoms. The van der Waals surface area contributed by atoms with Gasteiger partial charge in [0, 0.05) is 13.1 Å². The summed E-state index contributed by atoms with van der Waals surface area (Å²) in [4.78, 5) is 19.8. The lowest BCUT2D eigenvalue weighted by molar-refractivity contribution is -0.134. The van der Waals surface area contributed by atoms with Crippen molar-refractivity contribution in [3.8, 4) is 5.75 Å². The fraction of sp³-hybridized carbons (Fsp3) is 0.440. The van der Waals surface area contributed by atoms with Crippen molar-refractivity contribution in [1.82, 2.24) is 4.90 Å². The predicted octanol–water partition coefficient (Wildman–Crippen LogP) is 4.94. The van der Waals surface area contributed by atoms with Gasteiger partial charge in [0.1, 0.15) is 18.2 Å². The molecule has 0 radical (unpaired) electrons. The van der Waals surface area contributed by atoms with Crippen molar-refractivity contribution >= 4 is 11.6 Å². The minimum absolute atomic E-state index is 0.0598. The Bertz CT molecular complexity index is 911. The zero-order valence-electron chi connectivity index (χ0n) is 18.0. The first-order valence-electron chi connectivity index (χ1n) is 11.0. The van der Waals surface area contributed by atoms with E-state index in [1.54, 1.807) is 12.1 Å². The number of hydrogen-bond acceptors (Lipinski definition) is 4. The van der Waals surface area contributed by atoms with Gasteiger partial charge in [-0.25, -0.2) is 4.39 Å². The molecule has 0 atom stereocenters. The average Bonchev–Trinajstić information content (AvgIpc) is 3.56. The maximum Gasteiger partial charge on any atom is 0.260 e. The summed E-state index contributed by atoms with van der Waals surface area (Å²) in [6, 6.07) is 13.7. The first-order chi connectivity index (χ1) is 15.1. The Labute approximate surface area is 182 Å². The van der Waals surface area contributed by atoms with E-state index in [9.17, 15) is 9.18 Å². The summed E-state index contributed by atoms with van der Waals surface area (Å²) in [5.41, 5.74) is 3.17. The van der Waals surface area contributed by atoms with Crippen molar-refractivity contribution in [2.24, 2.45) is 10.6 Å². The van der Waals surface area contributed by atoms with Gasteiger partial charge >= 0.3 is 0 Å². The molecule has 5 nitrogen and oxygen atoms in total. The number of carbonyl (C=O) groups excluding carboxylic acids is 1. The van der Waals surface area contributed by atoms with Crippen molar-refractivity contribution in [2.75, 3.05) is 19.7 Å². The zero-order valence-corrected chi connectivity index (χ0v) is 18.0. The van der Waals surface area contributed by atoms with Crippen molar-refractivity contribution in [3.05, 3.63) is 65.5 Å². The predicted molar refractivity (Wildman–Crippen MR) is 117 cm³/mol. The van der Waals surface area contributed by atoms with Gasteiger partial charge < -0.3 is 14.5 Å². The van der Waals surface area contributed by atoms with E-state index in [0.717, 1.165) is 42.8 Å². The number of nitrogens with zero attached hydrogens (tertiary/aromatic N) is 2. The van der Waals surface area contributed by atoms with Gasteiger partial charge in [0.15, 0.2) is 6.61 Å². The largest absolute Gasteiger partial charge is 0.484 e. The van der Waals surface area contributed by atoms with Crippen LogP contribution in [-0.2, 0) is 16.2 Å². The molecule has 2 aromatic carbocycles. The van der Waals surface area contributed by atoms with Crippen LogP contribution in [0.1, 0.15) is 50.2 Å². The molecule has 1 amide bonds. The number of amides is 1. The molecule has 1 aliphatic carbocycles. The number of rotatable bonds is 8. The van der Waals surface area contributed by atoms with E-state index < -0.39 is 0 Å². The van der Waals surface area contributed by atoms with Gasteiger partial charge in [-0.1, -0.05) is 24.2 Å². The molecule has 1 saturated carbocycles. The first-order valence-corrected chi connectivity index (χ1v) is 11.0. The highest BCUT2D eigenvalue weighted by Crippen LogP contribution is 2.53. The molecular weight excluding hydrogens is 395 g/mol. The lowest BCUT2D eigenvalue weighted by Crippen LogP contribution is -2.41. The van der Waals surface area contributed by atoms with Crippen LogP contribution < -0.4 is 4.74 Å². The van der Waals surface area contributed by atoms with E-state index >= 15 is 0 Å². The van der Waals surface area contributed by atoms with Crippen molar-refractivity contribution in [3.63, 3.8) is 0 Å². The summed E-state index contributed by atoms with van der Waals surface area (Å²) < 4.78 is 18.7. The third kappa shape index (κ3) is 5.63. The van der Waals surface area contributed by atoms with Crippen molar-refractivity contribution < 1.29 is 18.8 Å². The maximum atomic E-state index is 13.0. The van der Waals surface area contributed by atoms with E-state index in [0.29, 0.717) is 17.6 Å². The first kappa shape index (κ1) is 21.3. The molecule has 0 aromatic heterocycles. The summed E-state index contributed by atoms with van der Waals surface area (Å²) in [5.74, 6) is 0.452. The maximum absolute atomic E-state index is 13.0. The molecule has 2 fully saturated rings. The number of ether oxygens (including phenoxy) is 1. The van der Waals surface area contributed by atoms with Gasteiger partial charge in [-0.15, -0.1) is 0 Å². The highest BCUT2D eigenvalue weighted by atomic mass is 19.1. The molecule has 1 saturated heterocycles. The second-order valence-electron chi connectivity index (χ2n) is 8.49. The summed E-state index contributed by atoms with van der Waals surface area (Å²) in [6.45, 7) is 4.07. The summed E-state index contributed by atoms with van der Waals surface area (Å²) >= 11 is 0.